The Morgan fingerprint density at radius 3 is 2.95 bits per heavy atom. The van der Waals surface area contributed by atoms with Crippen molar-refractivity contribution in [3.05, 3.63) is 30.1 Å². The van der Waals surface area contributed by atoms with E-state index in [1.165, 1.54) is 30.6 Å². The molecular formula is C15H22N2OS2. The number of hydrogen-bond donors (Lipinski definition) is 1. The van der Waals surface area contributed by atoms with E-state index in [1.54, 1.807) is 12.4 Å². The quantitative estimate of drug-likeness (QED) is 0.590. The van der Waals surface area contributed by atoms with Gasteiger partial charge in [0, 0.05) is 36.4 Å². The molecule has 2 heterocycles. The van der Waals surface area contributed by atoms with Gasteiger partial charge in [-0.05, 0) is 43.4 Å². The first-order chi connectivity index (χ1) is 9.84. The summed E-state index contributed by atoms with van der Waals surface area (Å²) in [5.41, 5.74) is 1.22. The molecule has 0 spiro atoms. The smallest absolute Gasteiger partial charge is 0.220 e. The average molecular weight is 310 g/mol. The molecule has 3 nitrogen and oxygen atoms in total. The molecule has 0 bridgehead atoms. The molecule has 20 heavy (non-hydrogen) atoms. The monoisotopic (exact) mass is 310 g/mol. The fraction of sp³-hybridized carbons (Fsp3) is 0.600. The van der Waals surface area contributed by atoms with Gasteiger partial charge >= 0.3 is 0 Å². The molecule has 1 amide bonds. The first-order valence-electron chi connectivity index (χ1n) is 7.28. The van der Waals surface area contributed by atoms with Gasteiger partial charge in [0.05, 0.1) is 0 Å². The minimum absolute atomic E-state index is 0.188. The number of carbonyl (C=O) groups excluding carboxylic acids is 1. The lowest BCUT2D eigenvalue weighted by atomic mass is 10.1. The second-order valence-corrected chi connectivity index (χ2v) is 7.82. The molecule has 2 rings (SSSR count). The Kier molecular flexibility index (Phi) is 7.30. The summed E-state index contributed by atoms with van der Waals surface area (Å²) in [6.45, 7) is 0.720. The zero-order valence-corrected chi connectivity index (χ0v) is 13.3. The van der Waals surface area contributed by atoms with Crippen molar-refractivity contribution in [1.82, 2.24) is 10.3 Å². The lowest BCUT2D eigenvalue weighted by Crippen LogP contribution is -2.25. The van der Waals surface area contributed by atoms with Crippen molar-refractivity contribution in [1.29, 1.82) is 0 Å². The lowest BCUT2D eigenvalue weighted by molar-refractivity contribution is -0.121. The van der Waals surface area contributed by atoms with E-state index < -0.39 is 0 Å². The molecule has 5 heteroatoms. The minimum atomic E-state index is 0.188. The normalized spacial score (nSPS) is 18.1. The van der Waals surface area contributed by atoms with Crippen LogP contribution in [0.4, 0.5) is 0 Å². The van der Waals surface area contributed by atoms with Crippen LogP contribution in [-0.2, 0) is 11.2 Å². The minimum Gasteiger partial charge on any atom is -0.356 e. The van der Waals surface area contributed by atoms with Crippen LogP contribution in [-0.4, -0.2) is 28.4 Å². The molecule has 1 aromatic rings. The van der Waals surface area contributed by atoms with Crippen molar-refractivity contribution in [3.63, 3.8) is 0 Å². The van der Waals surface area contributed by atoms with Crippen LogP contribution < -0.4 is 5.32 Å². The Labute approximate surface area is 129 Å². The maximum Gasteiger partial charge on any atom is 0.220 e. The number of hydrogen-bond acceptors (Lipinski definition) is 4. The van der Waals surface area contributed by atoms with E-state index in [2.05, 4.69) is 10.3 Å². The SMILES string of the molecule is O=C(CCCC[C@H]1CCSS1)NCCc1ccncc1. The first-order valence-corrected chi connectivity index (χ1v) is 9.66. The molecule has 110 valence electrons. The van der Waals surface area contributed by atoms with Crippen LogP contribution in [0.15, 0.2) is 24.5 Å². The largest absolute Gasteiger partial charge is 0.356 e. The maximum absolute atomic E-state index is 11.7. The van der Waals surface area contributed by atoms with Crippen LogP contribution >= 0.6 is 21.6 Å². The van der Waals surface area contributed by atoms with Crippen molar-refractivity contribution < 1.29 is 4.79 Å². The zero-order chi connectivity index (χ0) is 14.0. The third kappa shape index (κ3) is 6.18. The second kappa shape index (κ2) is 9.29. The number of amides is 1. The highest BCUT2D eigenvalue weighted by Crippen LogP contribution is 2.39. The number of nitrogens with one attached hydrogen (secondary N) is 1. The van der Waals surface area contributed by atoms with Crippen molar-refractivity contribution in [2.45, 2.75) is 43.8 Å². The van der Waals surface area contributed by atoms with E-state index in [9.17, 15) is 4.79 Å². The summed E-state index contributed by atoms with van der Waals surface area (Å²) >= 11 is 0. The molecule has 1 atom stereocenters. The predicted octanol–water partition coefficient (Wildman–Crippen LogP) is 3.45. The highest BCUT2D eigenvalue weighted by molar-refractivity contribution is 8.77. The highest BCUT2D eigenvalue weighted by atomic mass is 33.1. The van der Waals surface area contributed by atoms with Gasteiger partial charge in [0.1, 0.15) is 0 Å². The Balaban J connectivity index is 1.48. The lowest BCUT2D eigenvalue weighted by Gasteiger charge is -2.07. The standard InChI is InChI=1S/C15H22N2OS2/c18-15(4-2-1-3-14-8-12-19-20-14)17-11-7-13-5-9-16-10-6-13/h5-6,9-10,14H,1-4,7-8,11-12H2,(H,17,18)/t14-/m0/s1. The van der Waals surface area contributed by atoms with Crippen LogP contribution in [0, 0.1) is 0 Å². The van der Waals surface area contributed by atoms with Gasteiger partial charge in [-0.15, -0.1) is 0 Å². The van der Waals surface area contributed by atoms with E-state index in [-0.39, 0.29) is 5.91 Å². The molecule has 1 N–H and O–H groups in total. The Bertz CT molecular complexity index is 394. The van der Waals surface area contributed by atoms with Gasteiger partial charge in [-0.3, -0.25) is 9.78 Å². The van der Waals surface area contributed by atoms with Crippen LogP contribution in [0.3, 0.4) is 0 Å². The summed E-state index contributed by atoms with van der Waals surface area (Å²) in [6, 6.07) is 3.98. The molecule has 0 radical (unpaired) electrons. The molecule has 0 saturated carbocycles. The fourth-order valence-electron chi connectivity index (χ4n) is 2.21. The van der Waals surface area contributed by atoms with E-state index in [4.69, 9.17) is 0 Å². The third-order valence-corrected chi connectivity index (χ3v) is 6.40. The number of aromatic nitrogens is 1. The number of carbonyl (C=O) groups is 1. The van der Waals surface area contributed by atoms with E-state index >= 15 is 0 Å². The van der Waals surface area contributed by atoms with Crippen LogP contribution in [0.25, 0.3) is 0 Å². The third-order valence-electron chi connectivity index (χ3n) is 3.39. The van der Waals surface area contributed by atoms with Gasteiger partial charge in [0.25, 0.3) is 0 Å². The first kappa shape index (κ1) is 15.7. The molecular weight excluding hydrogens is 288 g/mol. The summed E-state index contributed by atoms with van der Waals surface area (Å²) in [7, 11) is 4.01. The number of rotatable bonds is 8. The molecule has 1 aliphatic rings. The van der Waals surface area contributed by atoms with E-state index in [1.807, 2.05) is 33.7 Å². The maximum atomic E-state index is 11.7. The van der Waals surface area contributed by atoms with Crippen LogP contribution in [0.1, 0.15) is 37.7 Å². The Morgan fingerprint density at radius 2 is 2.20 bits per heavy atom. The molecule has 0 unspecified atom stereocenters. The molecule has 0 aromatic carbocycles. The molecule has 1 saturated heterocycles. The summed E-state index contributed by atoms with van der Waals surface area (Å²) in [6.07, 6.45) is 9.92. The van der Waals surface area contributed by atoms with Gasteiger partial charge in [0.2, 0.25) is 5.91 Å². The summed E-state index contributed by atoms with van der Waals surface area (Å²) in [4.78, 5) is 15.7. The number of nitrogens with zero attached hydrogens (tertiary/aromatic N) is 1. The molecule has 0 aliphatic carbocycles. The molecule has 1 aliphatic heterocycles. The average Bonchev–Trinajstić information content (AvgIpc) is 2.98. The Morgan fingerprint density at radius 1 is 1.35 bits per heavy atom. The van der Waals surface area contributed by atoms with Crippen LogP contribution in [0.2, 0.25) is 0 Å². The fourth-order valence-corrected chi connectivity index (χ4v) is 5.23. The van der Waals surface area contributed by atoms with E-state index in [0.29, 0.717) is 6.42 Å². The number of unbranched alkanes of at least 4 members (excludes halogenated alkanes) is 1. The zero-order valence-electron chi connectivity index (χ0n) is 11.7. The summed E-state index contributed by atoms with van der Waals surface area (Å²) in [5.74, 6) is 1.48. The van der Waals surface area contributed by atoms with Crippen molar-refractivity contribution in [2.24, 2.45) is 0 Å². The Hall–Kier alpha value is -0.680. The molecule has 1 aromatic heterocycles. The van der Waals surface area contributed by atoms with Crippen molar-refractivity contribution in [2.75, 3.05) is 12.3 Å². The van der Waals surface area contributed by atoms with Gasteiger partial charge < -0.3 is 5.32 Å². The molecule has 1 fully saturated rings. The topological polar surface area (TPSA) is 42.0 Å². The van der Waals surface area contributed by atoms with Gasteiger partial charge in [-0.1, -0.05) is 28.0 Å². The van der Waals surface area contributed by atoms with E-state index in [0.717, 1.165) is 24.6 Å². The highest BCUT2D eigenvalue weighted by Gasteiger charge is 2.15. The van der Waals surface area contributed by atoms with Gasteiger partial charge in [0.15, 0.2) is 0 Å². The second-order valence-electron chi connectivity index (χ2n) is 5.03. The van der Waals surface area contributed by atoms with Crippen LogP contribution in [0.5, 0.6) is 0 Å². The van der Waals surface area contributed by atoms with Gasteiger partial charge in [-0.25, -0.2) is 0 Å². The van der Waals surface area contributed by atoms with Gasteiger partial charge in [-0.2, -0.15) is 0 Å². The van der Waals surface area contributed by atoms with Crippen molar-refractivity contribution >= 4 is 27.5 Å². The summed E-state index contributed by atoms with van der Waals surface area (Å²) in [5, 5.41) is 3.82. The number of pyridine rings is 1. The van der Waals surface area contributed by atoms with Crippen molar-refractivity contribution in [3.8, 4) is 0 Å². The predicted molar refractivity (Wildman–Crippen MR) is 87.9 cm³/mol. The summed E-state index contributed by atoms with van der Waals surface area (Å²) < 4.78 is 0.